The van der Waals surface area contributed by atoms with Crippen molar-refractivity contribution < 1.29 is 9.84 Å². The lowest BCUT2D eigenvalue weighted by Crippen LogP contribution is -2.53. The lowest BCUT2D eigenvalue weighted by molar-refractivity contribution is -0.127. The minimum absolute atomic E-state index is 0.0662. The second-order valence-electron chi connectivity index (χ2n) is 7.97. The molecule has 1 aliphatic carbocycles. The molecule has 2 heterocycles. The topological polar surface area (TPSA) is 48.5 Å². The predicted molar refractivity (Wildman–Crippen MR) is 104 cm³/mol. The number of nitrogens with one attached hydrogen (secondary N) is 1. The highest BCUT2D eigenvalue weighted by Gasteiger charge is 2.40. The number of H-pyrrole nitrogens is 1. The first-order valence-electron chi connectivity index (χ1n) is 9.91. The Bertz CT molecular complexity index is 782. The van der Waals surface area contributed by atoms with E-state index in [1.807, 2.05) is 6.07 Å². The summed E-state index contributed by atoms with van der Waals surface area (Å²) in [4.78, 5) is 6.04. The van der Waals surface area contributed by atoms with Crippen LogP contribution >= 0.6 is 0 Å². The molecule has 1 aromatic heterocycles. The maximum absolute atomic E-state index is 10.0. The second kappa shape index (κ2) is 7.09. The van der Waals surface area contributed by atoms with Crippen molar-refractivity contribution in [3.63, 3.8) is 0 Å². The van der Waals surface area contributed by atoms with E-state index in [2.05, 4.69) is 42.8 Å². The van der Waals surface area contributed by atoms with Gasteiger partial charge in [-0.05, 0) is 74.5 Å². The van der Waals surface area contributed by atoms with Gasteiger partial charge in [0.25, 0.3) is 0 Å². The highest BCUT2D eigenvalue weighted by molar-refractivity contribution is 5.39. The van der Waals surface area contributed by atoms with Crippen molar-refractivity contribution in [2.75, 3.05) is 13.1 Å². The molecular weight excluding hydrogens is 324 g/mol. The molecule has 0 spiro atoms. The van der Waals surface area contributed by atoms with Crippen molar-refractivity contribution in [3.05, 3.63) is 52.3 Å². The Morgan fingerprint density at radius 2 is 2.12 bits per heavy atom. The Labute approximate surface area is 156 Å². The molecule has 1 saturated heterocycles. The minimum Gasteiger partial charge on any atom is -0.508 e. The van der Waals surface area contributed by atoms with Crippen LogP contribution in [0, 0.1) is 13.8 Å². The summed E-state index contributed by atoms with van der Waals surface area (Å²) in [6.07, 6.45) is 4.55. The average molecular weight is 354 g/mol. The molecule has 0 saturated carbocycles. The third-order valence-corrected chi connectivity index (χ3v) is 5.96. The zero-order valence-corrected chi connectivity index (χ0v) is 16.1. The molecule has 26 heavy (non-hydrogen) atoms. The van der Waals surface area contributed by atoms with Gasteiger partial charge in [-0.1, -0.05) is 13.0 Å². The highest BCUT2D eigenvalue weighted by Crippen LogP contribution is 2.41. The Kier molecular flexibility index (Phi) is 4.80. The number of phenolic OH excluding ortho intramolecular Hbond substituents is 1. The molecule has 2 aliphatic rings. The van der Waals surface area contributed by atoms with E-state index in [9.17, 15) is 5.11 Å². The van der Waals surface area contributed by atoms with Crippen LogP contribution in [0.4, 0.5) is 0 Å². The maximum atomic E-state index is 10.0. The fourth-order valence-corrected chi connectivity index (χ4v) is 4.82. The number of aryl methyl sites for hydroxylation is 3. The molecule has 4 heteroatoms. The molecule has 0 radical (unpaired) electrons. The van der Waals surface area contributed by atoms with E-state index in [0.29, 0.717) is 11.8 Å². The Hall–Kier alpha value is -1.78. The minimum atomic E-state index is 0.0662. The molecule has 1 unspecified atom stereocenters. The number of aromatic nitrogens is 1. The van der Waals surface area contributed by atoms with E-state index in [4.69, 9.17) is 4.74 Å². The highest BCUT2D eigenvalue weighted by atomic mass is 16.5. The Morgan fingerprint density at radius 1 is 1.27 bits per heavy atom. The lowest BCUT2D eigenvalue weighted by Gasteiger charge is -2.47. The summed E-state index contributed by atoms with van der Waals surface area (Å²) < 4.78 is 6.65. The zero-order chi connectivity index (χ0) is 18.3. The van der Waals surface area contributed by atoms with Gasteiger partial charge in [0.1, 0.15) is 5.75 Å². The van der Waals surface area contributed by atoms with Gasteiger partial charge < -0.3 is 14.8 Å². The number of aromatic hydroxyl groups is 1. The van der Waals surface area contributed by atoms with Gasteiger partial charge >= 0.3 is 0 Å². The first-order valence-corrected chi connectivity index (χ1v) is 9.91. The van der Waals surface area contributed by atoms with Crippen molar-refractivity contribution in [1.29, 1.82) is 0 Å². The molecule has 0 amide bonds. The molecule has 2 N–H and O–H groups in total. The molecule has 140 valence electrons. The smallest absolute Gasteiger partial charge is 0.115 e. The number of nitrogens with zero attached hydrogens (tertiary/aromatic N) is 1. The van der Waals surface area contributed by atoms with Crippen LogP contribution in [0.15, 0.2) is 24.3 Å². The van der Waals surface area contributed by atoms with E-state index >= 15 is 0 Å². The first kappa shape index (κ1) is 17.6. The average Bonchev–Trinajstić information content (AvgIpc) is 2.92. The van der Waals surface area contributed by atoms with E-state index in [0.717, 1.165) is 38.8 Å². The quantitative estimate of drug-likeness (QED) is 0.871. The van der Waals surface area contributed by atoms with Crippen LogP contribution in [0.3, 0.4) is 0 Å². The SMILES string of the molecule is CCCN1CC(Cc2cc(C)[nH]c2C)O[C@@H]2c3cc(O)ccc3CC[C@H]21. The van der Waals surface area contributed by atoms with Gasteiger partial charge in [-0.25, -0.2) is 0 Å². The molecule has 1 aromatic carbocycles. The molecule has 3 atom stereocenters. The summed E-state index contributed by atoms with van der Waals surface area (Å²) in [6.45, 7) is 8.61. The van der Waals surface area contributed by atoms with E-state index in [1.165, 1.54) is 28.1 Å². The standard InChI is InChI=1S/C22H30N2O2/c1-4-9-24-13-19(11-17-10-14(2)23-15(17)3)26-22-20-12-18(25)7-5-16(20)6-8-21(22)24/h5,7,10,12,19,21-23,25H,4,6,8-9,11,13H2,1-3H3/t19?,21-,22-/m1/s1. The van der Waals surface area contributed by atoms with Gasteiger partial charge in [-0.2, -0.15) is 0 Å². The molecule has 4 nitrogen and oxygen atoms in total. The summed E-state index contributed by atoms with van der Waals surface area (Å²) in [6, 6.07) is 8.46. The summed E-state index contributed by atoms with van der Waals surface area (Å²) >= 11 is 0. The van der Waals surface area contributed by atoms with Gasteiger partial charge in [-0.3, -0.25) is 4.90 Å². The van der Waals surface area contributed by atoms with E-state index < -0.39 is 0 Å². The lowest BCUT2D eigenvalue weighted by atomic mass is 9.83. The van der Waals surface area contributed by atoms with Gasteiger partial charge in [0.05, 0.1) is 12.2 Å². The van der Waals surface area contributed by atoms with Gasteiger partial charge in [-0.15, -0.1) is 0 Å². The summed E-state index contributed by atoms with van der Waals surface area (Å²) in [5.74, 6) is 0.342. The van der Waals surface area contributed by atoms with Crippen molar-refractivity contribution in [3.8, 4) is 5.75 Å². The van der Waals surface area contributed by atoms with Crippen LogP contribution in [-0.2, 0) is 17.6 Å². The first-order chi connectivity index (χ1) is 12.5. The maximum Gasteiger partial charge on any atom is 0.115 e. The van der Waals surface area contributed by atoms with Crippen LogP contribution in [0.25, 0.3) is 0 Å². The summed E-state index contributed by atoms with van der Waals surface area (Å²) in [5, 5.41) is 10.0. The van der Waals surface area contributed by atoms with Crippen molar-refractivity contribution in [1.82, 2.24) is 9.88 Å². The van der Waals surface area contributed by atoms with E-state index in [-0.39, 0.29) is 12.2 Å². The number of benzene rings is 1. The third-order valence-electron chi connectivity index (χ3n) is 5.96. The van der Waals surface area contributed by atoms with Crippen molar-refractivity contribution >= 4 is 0 Å². The number of hydrogen-bond acceptors (Lipinski definition) is 3. The molecule has 0 bridgehead atoms. The predicted octanol–water partition coefficient (Wildman–Crippen LogP) is 4.05. The normalized spacial score (nSPS) is 25.7. The third kappa shape index (κ3) is 3.28. The molecule has 2 aromatic rings. The van der Waals surface area contributed by atoms with Gasteiger partial charge in [0.15, 0.2) is 0 Å². The van der Waals surface area contributed by atoms with Crippen molar-refractivity contribution in [2.45, 2.75) is 64.7 Å². The number of aromatic amines is 1. The van der Waals surface area contributed by atoms with Gasteiger partial charge in [0.2, 0.25) is 0 Å². The number of rotatable bonds is 4. The van der Waals surface area contributed by atoms with Crippen LogP contribution < -0.4 is 0 Å². The van der Waals surface area contributed by atoms with Crippen molar-refractivity contribution in [2.24, 2.45) is 0 Å². The molecule has 4 rings (SSSR count). The Morgan fingerprint density at radius 3 is 2.85 bits per heavy atom. The van der Waals surface area contributed by atoms with Crippen LogP contribution in [-0.4, -0.2) is 40.2 Å². The fourth-order valence-electron chi connectivity index (χ4n) is 4.82. The number of hydrogen-bond donors (Lipinski definition) is 2. The van der Waals surface area contributed by atoms with Crippen LogP contribution in [0.2, 0.25) is 0 Å². The number of phenols is 1. The van der Waals surface area contributed by atoms with Gasteiger partial charge in [0, 0.05) is 30.4 Å². The van der Waals surface area contributed by atoms with E-state index in [1.54, 1.807) is 6.07 Å². The van der Waals surface area contributed by atoms with Crippen LogP contribution in [0.5, 0.6) is 5.75 Å². The number of fused-ring (bicyclic) bond motifs is 3. The molecular formula is C22H30N2O2. The second-order valence-corrected chi connectivity index (χ2v) is 7.97. The molecule has 1 aliphatic heterocycles. The number of morpholine rings is 1. The summed E-state index contributed by atoms with van der Waals surface area (Å²) in [7, 11) is 0. The summed E-state index contributed by atoms with van der Waals surface area (Å²) in [5.41, 5.74) is 6.33. The Balaban J connectivity index is 1.62. The fraction of sp³-hybridized carbons (Fsp3) is 0.545. The number of ether oxygens (including phenoxy) is 1. The molecule has 1 fully saturated rings. The van der Waals surface area contributed by atoms with Crippen LogP contribution in [0.1, 0.15) is 53.9 Å². The zero-order valence-electron chi connectivity index (χ0n) is 16.1. The monoisotopic (exact) mass is 354 g/mol. The largest absolute Gasteiger partial charge is 0.508 e.